The lowest BCUT2D eigenvalue weighted by Gasteiger charge is -2.14. The Morgan fingerprint density at radius 3 is 2.27 bits per heavy atom. The molecule has 156 valence electrons. The van der Waals surface area contributed by atoms with E-state index < -0.39 is 0 Å². The summed E-state index contributed by atoms with van der Waals surface area (Å²) in [5, 5.41) is 2.88. The van der Waals surface area contributed by atoms with Gasteiger partial charge in [-0.05, 0) is 49.4 Å². The van der Waals surface area contributed by atoms with E-state index in [-0.39, 0.29) is 12.5 Å². The Labute approximate surface area is 176 Å². The van der Waals surface area contributed by atoms with E-state index >= 15 is 0 Å². The van der Waals surface area contributed by atoms with E-state index in [1.54, 1.807) is 50.6 Å². The van der Waals surface area contributed by atoms with E-state index in [4.69, 9.17) is 18.9 Å². The predicted octanol–water partition coefficient (Wildman–Crippen LogP) is 4.93. The molecule has 0 heterocycles. The molecule has 0 bridgehead atoms. The average molecular weight is 407 g/mol. The van der Waals surface area contributed by atoms with Crippen molar-refractivity contribution in [3.63, 3.8) is 0 Å². The van der Waals surface area contributed by atoms with E-state index in [0.29, 0.717) is 35.1 Å². The first-order chi connectivity index (χ1) is 14.6. The van der Waals surface area contributed by atoms with Gasteiger partial charge in [-0.25, -0.2) is 0 Å². The molecule has 0 spiro atoms. The normalized spacial score (nSPS) is 10.2. The van der Waals surface area contributed by atoms with Gasteiger partial charge in [0.05, 0.1) is 20.8 Å². The summed E-state index contributed by atoms with van der Waals surface area (Å²) in [6, 6.07) is 20.0. The van der Waals surface area contributed by atoms with Gasteiger partial charge in [0.15, 0.2) is 11.5 Å². The van der Waals surface area contributed by atoms with Crippen LogP contribution in [0.4, 0.5) is 5.69 Å². The van der Waals surface area contributed by atoms with E-state index in [2.05, 4.69) is 5.32 Å². The molecule has 3 aromatic carbocycles. The number of hydrogen-bond donors (Lipinski definition) is 1. The Bertz CT molecular complexity index is 988. The SMILES string of the molecule is CCOc1ccc(C(=O)Nc2ccc(OC)c(OC)c2)cc1COc1ccccc1. The van der Waals surface area contributed by atoms with Gasteiger partial charge < -0.3 is 24.3 Å². The first-order valence-corrected chi connectivity index (χ1v) is 9.61. The van der Waals surface area contributed by atoms with E-state index in [1.807, 2.05) is 37.3 Å². The molecule has 0 aliphatic heterocycles. The van der Waals surface area contributed by atoms with Gasteiger partial charge in [-0.1, -0.05) is 18.2 Å². The van der Waals surface area contributed by atoms with Crippen molar-refractivity contribution in [1.82, 2.24) is 0 Å². The molecule has 6 heteroatoms. The number of rotatable bonds is 9. The summed E-state index contributed by atoms with van der Waals surface area (Å²) in [6.45, 7) is 2.73. The highest BCUT2D eigenvalue weighted by atomic mass is 16.5. The van der Waals surface area contributed by atoms with Crippen LogP contribution in [0.1, 0.15) is 22.8 Å². The van der Waals surface area contributed by atoms with Crippen molar-refractivity contribution in [2.45, 2.75) is 13.5 Å². The predicted molar refractivity (Wildman–Crippen MR) is 116 cm³/mol. The number of nitrogens with one attached hydrogen (secondary N) is 1. The summed E-state index contributed by atoms with van der Waals surface area (Å²) in [5.74, 6) is 2.33. The highest BCUT2D eigenvalue weighted by Gasteiger charge is 2.13. The zero-order valence-corrected chi connectivity index (χ0v) is 17.3. The van der Waals surface area contributed by atoms with Crippen LogP contribution in [-0.2, 0) is 6.61 Å². The maximum absolute atomic E-state index is 12.8. The summed E-state index contributed by atoms with van der Waals surface area (Å²) in [6.07, 6.45) is 0. The van der Waals surface area contributed by atoms with Crippen molar-refractivity contribution < 1.29 is 23.7 Å². The van der Waals surface area contributed by atoms with Gasteiger partial charge in [-0.3, -0.25) is 4.79 Å². The van der Waals surface area contributed by atoms with Crippen molar-refractivity contribution in [2.75, 3.05) is 26.1 Å². The topological polar surface area (TPSA) is 66.0 Å². The first-order valence-electron chi connectivity index (χ1n) is 9.61. The molecule has 0 radical (unpaired) electrons. The molecule has 0 unspecified atom stereocenters. The third-order valence-electron chi connectivity index (χ3n) is 4.40. The minimum absolute atomic E-state index is 0.244. The molecule has 0 saturated carbocycles. The second kappa shape index (κ2) is 10.2. The lowest BCUT2D eigenvalue weighted by Crippen LogP contribution is -2.13. The molecule has 30 heavy (non-hydrogen) atoms. The van der Waals surface area contributed by atoms with Gasteiger partial charge >= 0.3 is 0 Å². The highest BCUT2D eigenvalue weighted by molar-refractivity contribution is 6.04. The number of para-hydroxylation sites is 1. The summed E-state index contributed by atoms with van der Waals surface area (Å²) >= 11 is 0. The highest BCUT2D eigenvalue weighted by Crippen LogP contribution is 2.30. The fourth-order valence-electron chi connectivity index (χ4n) is 2.92. The number of anilines is 1. The molecule has 0 atom stereocenters. The van der Waals surface area contributed by atoms with Gasteiger partial charge in [0.25, 0.3) is 5.91 Å². The number of methoxy groups -OCH3 is 2. The minimum atomic E-state index is -0.244. The largest absolute Gasteiger partial charge is 0.493 e. The second-order valence-corrected chi connectivity index (χ2v) is 6.38. The third-order valence-corrected chi connectivity index (χ3v) is 4.40. The quantitative estimate of drug-likeness (QED) is 0.545. The number of ether oxygens (including phenoxy) is 4. The van der Waals surface area contributed by atoms with E-state index in [0.717, 1.165) is 11.3 Å². The number of carbonyl (C=O) groups is 1. The first kappa shape index (κ1) is 21.0. The summed E-state index contributed by atoms with van der Waals surface area (Å²) in [5.41, 5.74) is 1.90. The molecule has 0 aliphatic rings. The zero-order chi connectivity index (χ0) is 21.3. The molecular formula is C24H25NO5. The third kappa shape index (κ3) is 5.23. The van der Waals surface area contributed by atoms with Crippen LogP contribution in [0.5, 0.6) is 23.0 Å². The second-order valence-electron chi connectivity index (χ2n) is 6.38. The van der Waals surface area contributed by atoms with Crippen LogP contribution in [0.3, 0.4) is 0 Å². The Balaban J connectivity index is 1.78. The minimum Gasteiger partial charge on any atom is -0.493 e. The van der Waals surface area contributed by atoms with E-state index in [1.165, 1.54) is 0 Å². The maximum atomic E-state index is 12.8. The molecule has 0 aromatic heterocycles. The van der Waals surface area contributed by atoms with Gasteiger partial charge in [0.1, 0.15) is 18.1 Å². The molecule has 1 N–H and O–H groups in total. The van der Waals surface area contributed by atoms with Gasteiger partial charge in [0.2, 0.25) is 0 Å². The van der Waals surface area contributed by atoms with Crippen LogP contribution in [0, 0.1) is 0 Å². The number of benzene rings is 3. The number of carbonyl (C=O) groups excluding carboxylic acids is 1. The standard InChI is InChI=1S/C24H25NO5/c1-4-29-21-12-10-17(14-18(21)16-30-20-8-6-5-7-9-20)24(26)25-19-11-13-22(27-2)23(15-19)28-3/h5-15H,4,16H2,1-3H3,(H,25,26). The average Bonchev–Trinajstić information content (AvgIpc) is 2.79. The van der Waals surface area contributed by atoms with Crippen molar-refractivity contribution in [3.8, 4) is 23.0 Å². The monoisotopic (exact) mass is 407 g/mol. The van der Waals surface area contributed by atoms with Crippen LogP contribution in [-0.4, -0.2) is 26.7 Å². The number of amides is 1. The Morgan fingerprint density at radius 2 is 1.57 bits per heavy atom. The number of hydrogen-bond acceptors (Lipinski definition) is 5. The van der Waals surface area contributed by atoms with Crippen molar-refractivity contribution in [1.29, 1.82) is 0 Å². The van der Waals surface area contributed by atoms with E-state index in [9.17, 15) is 4.79 Å². The van der Waals surface area contributed by atoms with Crippen LogP contribution >= 0.6 is 0 Å². The lowest BCUT2D eigenvalue weighted by molar-refractivity contribution is 0.102. The lowest BCUT2D eigenvalue weighted by atomic mass is 10.1. The molecule has 0 aliphatic carbocycles. The summed E-state index contributed by atoms with van der Waals surface area (Å²) in [7, 11) is 3.12. The molecular weight excluding hydrogens is 382 g/mol. The van der Waals surface area contributed by atoms with Crippen molar-refractivity contribution in [3.05, 3.63) is 77.9 Å². The Hall–Kier alpha value is -3.67. The van der Waals surface area contributed by atoms with Crippen molar-refractivity contribution in [2.24, 2.45) is 0 Å². The van der Waals surface area contributed by atoms with Gasteiger partial charge in [-0.2, -0.15) is 0 Å². The van der Waals surface area contributed by atoms with Gasteiger partial charge in [0, 0.05) is 22.9 Å². The summed E-state index contributed by atoms with van der Waals surface area (Å²) < 4.78 is 22.1. The fraction of sp³-hybridized carbons (Fsp3) is 0.208. The zero-order valence-electron chi connectivity index (χ0n) is 17.3. The van der Waals surface area contributed by atoms with Gasteiger partial charge in [-0.15, -0.1) is 0 Å². The van der Waals surface area contributed by atoms with Crippen LogP contribution < -0.4 is 24.3 Å². The molecule has 3 aromatic rings. The Kier molecular flexibility index (Phi) is 7.16. The smallest absolute Gasteiger partial charge is 0.255 e. The molecule has 0 saturated heterocycles. The van der Waals surface area contributed by atoms with Crippen LogP contribution in [0.2, 0.25) is 0 Å². The molecule has 0 fully saturated rings. The molecule has 3 rings (SSSR count). The molecule has 6 nitrogen and oxygen atoms in total. The van der Waals surface area contributed by atoms with Crippen LogP contribution in [0.25, 0.3) is 0 Å². The molecule has 1 amide bonds. The van der Waals surface area contributed by atoms with Crippen LogP contribution in [0.15, 0.2) is 66.7 Å². The summed E-state index contributed by atoms with van der Waals surface area (Å²) in [4.78, 5) is 12.8. The maximum Gasteiger partial charge on any atom is 0.255 e. The Morgan fingerprint density at radius 1 is 0.833 bits per heavy atom. The van der Waals surface area contributed by atoms with Crippen molar-refractivity contribution >= 4 is 11.6 Å². The fourth-order valence-corrected chi connectivity index (χ4v) is 2.92.